The molecule has 0 atom stereocenters. The predicted octanol–water partition coefficient (Wildman–Crippen LogP) is -0.894. The molecule has 4 rings (SSSR count). The van der Waals surface area contributed by atoms with Crippen LogP contribution < -0.4 is 21.5 Å². The van der Waals surface area contributed by atoms with Gasteiger partial charge in [-0.2, -0.15) is 0 Å². The molecule has 2 aliphatic rings. The lowest BCUT2D eigenvalue weighted by Gasteiger charge is -2.45. The summed E-state index contributed by atoms with van der Waals surface area (Å²) in [6.07, 6.45) is 5.83. The van der Waals surface area contributed by atoms with Crippen molar-refractivity contribution in [2.75, 3.05) is 32.7 Å². The number of primary amides is 1. The maximum atomic E-state index is 12.8. The molecule has 0 radical (unpaired) electrons. The van der Waals surface area contributed by atoms with Crippen LogP contribution in [0.1, 0.15) is 42.5 Å². The summed E-state index contributed by atoms with van der Waals surface area (Å²) in [4.78, 5) is 59.2. The van der Waals surface area contributed by atoms with E-state index in [-0.39, 0.29) is 30.5 Å². The number of likely N-dealkylation sites (tertiary alicyclic amines) is 2. The smallest absolute Gasteiger partial charge is 0.278 e. The number of hydrogen-bond acceptors (Lipinski definition) is 6. The van der Waals surface area contributed by atoms with Gasteiger partial charge in [-0.05, 0) is 38.7 Å². The zero-order valence-electron chi connectivity index (χ0n) is 19.8. The van der Waals surface area contributed by atoms with E-state index in [4.69, 9.17) is 5.73 Å². The average molecular weight is 490 g/mol. The molecule has 0 unspecified atom stereocenters. The van der Waals surface area contributed by atoms with Gasteiger partial charge in [0.05, 0.1) is 31.3 Å². The van der Waals surface area contributed by atoms with Gasteiger partial charge in [-0.1, -0.05) is 0 Å². The largest absolute Gasteiger partial charge is 0.364 e. The lowest BCUT2D eigenvalue weighted by atomic mass is 9.83. The van der Waals surface area contributed by atoms with Crippen LogP contribution in [0.5, 0.6) is 0 Å². The number of carbonyl (C=O) groups excluding carboxylic acids is 3. The highest BCUT2D eigenvalue weighted by Gasteiger charge is 2.49. The van der Waals surface area contributed by atoms with E-state index >= 15 is 0 Å². The molecule has 3 amide bonds. The van der Waals surface area contributed by atoms with Gasteiger partial charge in [0.2, 0.25) is 11.8 Å². The standard InChI is InChI=1S/C23H32N6O4S/c1-15-16(2)34-20-19(15)21(32)28(14-26-20)13-17(30)25-12-18(31)27-10-6-23(7-11-27,22(24)33)29-8-4-3-5-9-29/h14H,3-13H2,1-2H3,(H2,24,33)(H,25,30)/p+1. The second-order valence-electron chi connectivity index (χ2n) is 9.41. The Morgan fingerprint density at radius 3 is 2.50 bits per heavy atom. The topological polar surface area (TPSA) is 132 Å². The zero-order chi connectivity index (χ0) is 24.5. The molecule has 2 aromatic heterocycles. The van der Waals surface area contributed by atoms with E-state index in [9.17, 15) is 19.2 Å². The van der Waals surface area contributed by atoms with Gasteiger partial charge in [0.15, 0.2) is 5.54 Å². The highest BCUT2D eigenvalue weighted by molar-refractivity contribution is 7.18. The number of piperidine rings is 2. The van der Waals surface area contributed by atoms with E-state index in [1.165, 1.54) is 33.6 Å². The summed E-state index contributed by atoms with van der Waals surface area (Å²) in [6.45, 7) is 6.22. The van der Waals surface area contributed by atoms with Crippen LogP contribution in [0.15, 0.2) is 11.1 Å². The molecule has 4 heterocycles. The molecule has 2 fully saturated rings. The Labute approximate surface area is 202 Å². The fourth-order valence-electron chi connectivity index (χ4n) is 5.25. The molecule has 0 aromatic carbocycles. The fraction of sp³-hybridized carbons (Fsp3) is 0.609. The summed E-state index contributed by atoms with van der Waals surface area (Å²) in [5, 5.41) is 3.16. The number of aryl methyl sites for hydroxylation is 2. The number of thiophene rings is 1. The van der Waals surface area contributed by atoms with Crippen molar-refractivity contribution in [2.24, 2.45) is 5.73 Å². The summed E-state index contributed by atoms with van der Waals surface area (Å²) < 4.78 is 1.27. The molecule has 11 heteroatoms. The van der Waals surface area contributed by atoms with Crippen LogP contribution in [-0.2, 0) is 20.9 Å². The third-order valence-corrected chi connectivity index (χ3v) is 8.60. The number of fused-ring (bicyclic) bond motifs is 1. The van der Waals surface area contributed by atoms with Gasteiger partial charge in [0.25, 0.3) is 11.5 Å². The second-order valence-corrected chi connectivity index (χ2v) is 10.6. The number of nitrogens with two attached hydrogens (primary N) is 1. The summed E-state index contributed by atoms with van der Waals surface area (Å²) in [5.41, 5.74) is 5.85. The molecule has 0 bridgehead atoms. The minimum Gasteiger partial charge on any atom is -0.364 e. The molecule has 2 aromatic rings. The van der Waals surface area contributed by atoms with E-state index in [0.717, 1.165) is 36.4 Å². The third kappa shape index (κ3) is 4.58. The van der Waals surface area contributed by atoms with Crippen LogP contribution in [0.2, 0.25) is 0 Å². The number of rotatable bonds is 6. The van der Waals surface area contributed by atoms with Crippen molar-refractivity contribution in [3.63, 3.8) is 0 Å². The van der Waals surface area contributed by atoms with E-state index in [0.29, 0.717) is 36.1 Å². The highest BCUT2D eigenvalue weighted by atomic mass is 32.1. The molecule has 2 aliphatic heterocycles. The zero-order valence-corrected chi connectivity index (χ0v) is 20.6. The van der Waals surface area contributed by atoms with Crippen molar-refractivity contribution < 1.29 is 19.3 Å². The SMILES string of the molecule is Cc1sc2ncn(CC(=O)NCC(=O)N3CCC(C(N)=O)([NH+]4CCCCC4)CC3)c(=O)c2c1C. The Balaban J connectivity index is 1.32. The van der Waals surface area contributed by atoms with Crippen LogP contribution in [0.25, 0.3) is 10.2 Å². The van der Waals surface area contributed by atoms with Crippen molar-refractivity contribution in [3.05, 3.63) is 27.1 Å². The minimum absolute atomic E-state index is 0.153. The van der Waals surface area contributed by atoms with Gasteiger partial charge in [-0.25, -0.2) is 4.98 Å². The Hall–Kier alpha value is -2.79. The first-order chi connectivity index (χ1) is 16.2. The normalized spacial score (nSPS) is 18.7. The Morgan fingerprint density at radius 1 is 1.18 bits per heavy atom. The van der Waals surface area contributed by atoms with Crippen LogP contribution in [0.3, 0.4) is 0 Å². The van der Waals surface area contributed by atoms with E-state index in [1.807, 2.05) is 13.8 Å². The van der Waals surface area contributed by atoms with Gasteiger partial charge in [0, 0.05) is 30.8 Å². The minimum atomic E-state index is -0.606. The molecule has 34 heavy (non-hydrogen) atoms. The lowest BCUT2D eigenvalue weighted by Crippen LogP contribution is -3.22. The van der Waals surface area contributed by atoms with Crippen LogP contribution in [0.4, 0.5) is 0 Å². The fourth-order valence-corrected chi connectivity index (χ4v) is 6.24. The molecule has 184 valence electrons. The number of nitrogens with zero attached hydrogens (tertiary/aromatic N) is 3. The van der Waals surface area contributed by atoms with E-state index < -0.39 is 11.4 Å². The quantitative estimate of drug-likeness (QED) is 0.484. The number of aromatic nitrogens is 2. The Morgan fingerprint density at radius 2 is 1.85 bits per heavy atom. The van der Waals surface area contributed by atoms with Crippen molar-refractivity contribution >= 4 is 39.3 Å². The Kier molecular flexibility index (Phi) is 7.04. The van der Waals surface area contributed by atoms with Gasteiger partial charge in [0.1, 0.15) is 11.4 Å². The van der Waals surface area contributed by atoms with Crippen molar-refractivity contribution in [3.8, 4) is 0 Å². The maximum Gasteiger partial charge on any atom is 0.278 e. The lowest BCUT2D eigenvalue weighted by molar-refractivity contribution is -0.948. The van der Waals surface area contributed by atoms with Gasteiger partial charge in [-0.15, -0.1) is 11.3 Å². The maximum absolute atomic E-state index is 12.8. The number of quaternary nitrogens is 1. The molecular formula is C23H33N6O4S+. The first-order valence-corrected chi connectivity index (χ1v) is 12.7. The van der Waals surface area contributed by atoms with Crippen LogP contribution >= 0.6 is 11.3 Å². The number of hydrogen-bond donors (Lipinski definition) is 3. The summed E-state index contributed by atoms with van der Waals surface area (Å²) in [6, 6.07) is 0. The molecule has 0 spiro atoms. The number of amides is 3. The first kappa shape index (κ1) is 24.3. The Bertz CT molecular complexity index is 1160. The summed E-state index contributed by atoms with van der Waals surface area (Å²) in [7, 11) is 0. The van der Waals surface area contributed by atoms with Crippen molar-refractivity contribution in [1.29, 1.82) is 0 Å². The molecular weight excluding hydrogens is 456 g/mol. The highest BCUT2D eigenvalue weighted by Crippen LogP contribution is 2.25. The van der Waals surface area contributed by atoms with Crippen LogP contribution in [-0.4, -0.2) is 70.4 Å². The molecule has 0 saturated carbocycles. The second kappa shape index (κ2) is 9.83. The monoisotopic (exact) mass is 489 g/mol. The van der Waals surface area contributed by atoms with Gasteiger partial charge >= 0.3 is 0 Å². The molecule has 0 aliphatic carbocycles. The van der Waals surface area contributed by atoms with E-state index in [1.54, 1.807) is 4.90 Å². The van der Waals surface area contributed by atoms with Crippen molar-refractivity contribution in [2.45, 2.75) is 58.0 Å². The van der Waals surface area contributed by atoms with Crippen molar-refractivity contribution in [1.82, 2.24) is 19.8 Å². The van der Waals surface area contributed by atoms with Gasteiger partial charge in [-0.3, -0.25) is 23.7 Å². The van der Waals surface area contributed by atoms with E-state index in [2.05, 4.69) is 10.3 Å². The first-order valence-electron chi connectivity index (χ1n) is 11.9. The van der Waals surface area contributed by atoms with Gasteiger partial charge < -0.3 is 20.9 Å². The van der Waals surface area contributed by atoms with Crippen LogP contribution in [0, 0.1) is 13.8 Å². The number of nitrogens with one attached hydrogen (secondary N) is 2. The molecule has 2 saturated heterocycles. The predicted molar refractivity (Wildman–Crippen MR) is 129 cm³/mol. The number of carbonyl (C=O) groups is 3. The molecule has 4 N–H and O–H groups in total. The summed E-state index contributed by atoms with van der Waals surface area (Å²) >= 11 is 1.46. The average Bonchev–Trinajstić information content (AvgIpc) is 3.13. The third-order valence-electron chi connectivity index (χ3n) is 7.48. The molecule has 10 nitrogen and oxygen atoms in total. The summed E-state index contributed by atoms with van der Waals surface area (Å²) in [5.74, 6) is -0.912.